The number of rotatable bonds is 1. The normalized spacial score (nSPS) is 10.8. The molecule has 0 amide bonds. The molecule has 0 aliphatic rings. The molecule has 0 spiro atoms. The molecule has 1 aromatic carbocycles. The number of fused-ring (bicyclic) bond motifs is 1. The van der Waals surface area contributed by atoms with Gasteiger partial charge < -0.3 is 15.5 Å². The van der Waals surface area contributed by atoms with Crippen molar-refractivity contribution in [2.45, 2.75) is 6.92 Å². The lowest BCUT2D eigenvalue weighted by Gasteiger charge is -2.04. The monoisotopic (exact) mass is 300 g/mol. The van der Waals surface area contributed by atoms with Crippen LogP contribution in [0.25, 0.3) is 10.9 Å². The van der Waals surface area contributed by atoms with E-state index in [0.29, 0.717) is 20.9 Å². The predicted octanol–water partition coefficient (Wildman–Crippen LogP) is 2.75. The Morgan fingerprint density at radius 3 is 2.82 bits per heavy atom. The van der Waals surface area contributed by atoms with Gasteiger partial charge in [-0.1, -0.05) is 0 Å². The summed E-state index contributed by atoms with van der Waals surface area (Å²) >= 11 is 3.10. The highest BCUT2D eigenvalue weighted by Gasteiger charge is 2.21. The number of ether oxygens (including phenoxy) is 1. The molecule has 0 saturated carbocycles. The third kappa shape index (κ3) is 1.68. The SMILES string of the molecule is COC(=O)c1c(N)[nH]c2cc(Br)c(F)c(C)c12. The third-order valence-corrected chi connectivity index (χ3v) is 3.21. The van der Waals surface area contributed by atoms with E-state index in [9.17, 15) is 9.18 Å². The van der Waals surface area contributed by atoms with E-state index in [1.807, 2.05) is 0 Å². The maximum Gasteiger partial charge on any atom is 0.342 e. The van der Waals surface area contributed by atoms with Crippen molar-refractivity contribution >= 4 is 38.6 Å². The number of nitrogen functional groups attached to an aromatic ring is 1. The number of hydrogen-bond acceptors (Lipinski definition) is 3. The van der Waals surface area contributed by atoms with Crippen LogP contribution in [-0.4, -0.2) is 18.1 Å². The number of aryl methyl sites for hydroxylation is 1. The second-order valence-electron chi connectivity index (χ2n) is 3.63. The summed E-state index contributed by atoms with van der Waals surface area (Å²) in [5, 5.41) is 0.454. The average Bonchev–Trinajstić information content (AvgIpc) is 2.61. The molecule has 0 aliphatic heterocycles. The summed E-state index contributed by atoms with van der Waals surface area (Å²) in [6.07, 6.45) is 0. The number of benzene rings is 1. The van der Waals surface area contributed by atoms with E-state index in [0.717, 1.165) is 0 Å². The Kier molecular flexibility index (Phi) is 2.82. The van der Waals surface area contributed by atoms with E-state index in [1.165, 1.54) is 7.11 Å². The molecule has 6 heteroatoms. The number of halogens is 2. The number of nitrogens with two attached hydrogens (primary N) is 1. The van der Waals surface area contributed by atoms with Gasteiger partial charge in [-0.25, -0.2) is 9.18 Å². The number of aromatic amines is 1. The molecular formula is C11H10BrFN2O2. The number of carbonyl (C=O) groups is 1. The first kappa shape index (κ1) is 11.9. The largest absolute Gasteiger partial charge is 0.465 e. The van der Waals surface area contributed by atoms with Gasteiger partial charge in [0.2, 0.25) is 0 Å². The third-order valence-electron chi connectivity index (χ3n) is 2.63. The maximum atomic E-state index is 13.8. The molecule has 1 heterocycles. The second kappa shape index (κ2) is 4.03. The number of H-pyrrole nitrogens is 1. The standard InChI is InChI=1S/C11H10BrFN2O2/c1-4-7-6(3-5(12)9(4)13)15-10(14)8(7)11(16)17-2/h3,15H,14H2,1-2H3. The zero-order valence-electron chi connectivity index (χ0n) is 9.23. The van der Waals surface area contributed by atoms with Gasteiger partial charge in [0.15, 0.2) is 0 Å². The molecule has 0 bridgehead atoms. The summed E-state index contributed by atoms with van der Waals surface area (Å²) in [4.78, 5) is 14.4. The Balaban J connectivity index is 2.90. The first-order chi connectivity index (χ1) is 7.97. The van der Waals surface area contributed by atoms with Gasteiger partial charge in [-0.3, -0.25) is 0 Å². The van der Waals surface area contributed by atoms with E-state index in [1.54, 1.807) is 13.0 Å². The molecule has 0 radical (unpaired) electrons. The number of methoxy groups -OCH3 is 1. The highest BCUT2D eigenvalue weighted by molar-refractivity contribution is 9.10. The van der Waals surface area contributed by atoms with Crippen LogP contribution in [0.3, 0.4) is 0 Å². The van der Waals surface area contributed by atoms with Gasteiger partial charge in [-0.15, -0.1) is 0 Å². The van der Waals surface area contributed by atoms with Crippen LogP contribution in [0.15, 0.2) is 10.5 Å². The molecule has 0 saturated heterocycles. The molecule has 0 fully saturated rings. The average molecular weight is 301 g/mol. The summed E-state index contributed by atoms with van der Waals surface area (Å²) < 4.78 is 18.7. The van der Waals surface area contributed by atoms with Crippen molar-refractivity contribution in [3.63, 3.8) is 0 Å². The first-order valence-electron chi connectivity index (χ1n) is 4.81. The minimum Gasteiger partial charge on any atom is -0.465 e. The number of carbonyl (C=O) groups excluding carboxylic acids is 1. The Morgan fingerprint density at radius 2 is 2.24 bits per heavy atom. The summed E-state index contributed by atoms with van der Waals surface area (Å²) in [6, 6.07) is 1.54. The predicted molar refractivity (Wildman–Crippen MR) is 66.4 cm³/mol. The highest BCUT2D eigenvalue weighted by atomic mass is 79.9. The Bertz CT molecular complexity index is 622. The lowest BCUT2D eigenvalue weighted by atomic mass is 10.1. The molecule has 17 heavy (non-hydrogen) atoms. The number of anilines is 1. The van der Waals surface area contributed by atoms with E-state index >= 15 is 0 Å². The molecular weight excluding hydrogens is 291 g/mol. The van der Waals surface area contributed by atoms with Gasteiger partial charge in [-0.05, 0) is 34.5 Å². The molecule has 4 nitrogen and oxygen atoms in total. The van der Waals surface area contributed by atoms with E-state index in [4.69, 9.17) is 5.73 Å². The van der Waals surface area contributed by atoms with Crippen molar-refractivity contribution in [2.24, 2.45) is 0 Å². The van der Waals surface area contributed by atoms with Crippen LogP contribution in [0.5, 0.6) is 0 Å². The van der Waals surface area contributed by atoms with Crippen molar-refractivity contribution in [1.82, 2.24) is 4.98 Å². The van der Waals surface area contributed by atoms with Gasteiger partial charge in [0.05, 0.1) is 11.6 Å². The van der Waals surface area contributed by atoms with Crippen molar-refractivity contribution in [3.05, 3.63) is 27.5 Å². The maximum absolute atomic E-state index is 13.8. The van der Waals surface area contributed by atoms with Crippen LogP contribution in [-0.2, 0) is 4.74 Å². The number of hydrogen-bond donors (Lipinski definition) is 2. The zero-order valence-corrected chi connectivity index (χ0v) is 10.8. The van der Waals surface area contributed by atoms with Crippen molar-refractivity contribution in [3.8, 4) is 0 Å². The minimum absolute atomic E-state index is 0.173. The molecule has 3 N–H and O–H groups in total. The van der Waals surface area contributed by atoms with Gasteiger partial charge in [0.25, 0.3) is 0 Å². The van der Waals surface area contributed by atoms with E-state index in [2.05, 4.69) is 25.7 Å². The van der Waals surface area contributed by atoms with Crippen LogP contribution in [0.1, 0.15) is 15.9 Å². The van der Waals surface area contributed by atoms with Gasteiger partial charge in [-0.2, -0.15) is 0 Å². The fraction of sp³-hybridized carbons (Fsp3) is 0.182. The summed E-state index contributed by atoms with van der Waals surface area (Å²) in [5.74, 6) is -0.826. The molecule has 2 rings (SSSR count). The van der Waals surface area contributed by atoms with Crippen LogP contribution in [0.4, 0.5) is 10.2 Å². The quantitative estimate of drug-likeness (QED) is 0.796. The fourth-order valence-corrected chi connectivity index (χ4v) is 2.36. The molecule has 0 atom stereocenters. The molecule has 90 valence electrons. The molecule has 0 aliphatic carbocycles. The van der Waals surface area contributed by atoms with Crippen LogP contribution < -0.4 is 5.73 Å². The van der Waals surface area contributed by atoms with Crippen molar-refractivity contribution < 1.29 is 13.9 Å². The smallest absolute Gasteiger partial charge is 0.342 e. The number of aromatic nitrogens is 1. The Hall–Kier alpha value is -1.56. The van der Waals surface area contributed by atoms with Crippen molar-refractivity contribution in [2.75, 3.05) is 12.8 Å². The zero-order chi connectivity index (χ0) is 12.7. The van der Waals surface area contributed by atoms with Gasteiger partial charge >= 0.3 is 5.97 Å². The number of nitrogens with one attached hydrogen (secondary N) is 1. The summed E-state index contributed by atoms with van der Waals surface area (Å²) in [5.41, 5.74) is 6.82. The van der Waals surface area contributed by atoms with E-state index < -0.39 is 11.8 Å². The lowest BCUT2D eigenvalue weighted by Crippen LogP contribution is -2.04. The first-order valence-corrected chi connectivity index (χ1v) is 5.60. The van der Waals surface area contributed by atoms with Crippen LogP contribution in [0, 0.1) is 12.7 Å². The van der Waals surface area contributed by atoms with Crippen LogP contribution in [0.2, 0.25) is 0 Å². The van der Waals surface area contributed by atoms with E-state index in [-0.39, 0.29) is 11.4 Å². The van der Waals surface area contributed by atoms with Crippen LogP contribution >= 0.6 is 15.9 Å². The Morgan fingerprint density at radius 1 is 1.59 bits per heavy atom. The van der Waals surface area contributed by atoms with Crippen molar-refractivity contribution in [1.29, 1.82) is 0 Å². The summed E-state index contributed by atoms with van der Waals surface area (Å²) in [7, 11) is 1.26. The molecule has 0 unspecified atom stereocenters. The highest BCUT2D eigenvalue weighted by Crippen LogP contribution is 2.33. The van der Waals surface area contributed by atoms with Gasteiger partial charge in [0, 0.05) is 10.9 Å². The second-order valence-corrected chi connectivity index (χ2v) is 4.48. The fourth-order valence-electron chi connectivity index (χ4n) is 1.83. The van der Waals surface area contributed by atoms with Gasteiger partial charge in [0.1, 0.15) is 17.2 Å². The number of esters is 1. The minimum atomic E-state index is -0.585. The topological polar surface area (TPSA) is 68.1 Å². The molecule has 1 aromatic heterocycles. The lowest BCUT2D eigenvalue weighted by molar-refractivity contribution is 0.0604. The Labute approximate surface area is 105 Å². The summed E-state index contributed by atoms with van der Waals surface area (Å²) in [6.45, 7) is 1.59. The molecule has 2 aromatic rings.